The molecule has 3 aliphatic rings. The molecule has 222 valence electrons. The molecule has 41 heavy (non-hydrogen) atoms. The standard InChI is InChI=1S/C37H52O2P2/c1-25-21-32(22-26(2)36(25)38-6)41(33-23-27(3)37(39-7)28(4)24-33)35-20-14-19-34(35)29(5)40(30-15-10-8-11-16-30)31-17-12-9-13-18-31/h14,19-24,29-31,34H,8-13,15-18H2,1-7H3. The molecule has 0 radical (unpaired) electrons. The van der Waals surface area contributed by atoms with Crippen LogP contribution in [0.4, 0.5) is 0 Å². The van der Waals surface area contributed by atoms with Gasteiger partial charge < -0.3 is 9.47 Å². The normalized spacial score (nSPS) is 21.0. The van der Waals surface area contributed by atoms with Gasteiger partial charge in [0.2, 0.25) is 0 Å². The van der Waals surface area contributed by atoms with Crippen LogP contribution in [0.3, 0.4) is 0 Å². The number of benzene rings is 2. The number of hydrogen-bond acceptors (Lipinski definition) is 2. The van der Waals surface area contributed by atoms with Crippen molar-refractivity contribution < 1.29 is 9.47 Å². The zero-order valence-electron chi connectivity index (χ0n) is 26.6. The fourth-order valence-corrected chi connectivity index (χ4v) is 15.9. The van der Waals surface area contributed by atoms with Gasteiger partial charge in [0, 0.05) is 5.92 Å². The van der Waals surface area contributed by atoms with Crippen LogP contribution in [0, 0.1) is 33.6 Å². The second kappa shape index (κ2) is 13.8. The topological polar surface area (TPSA) is 18.5 Å². The van der Waals surface area contributed by atoms with Crippen LogP contribution in [0.2, 0.25) is 0 Å². The van der Waals surface area contributed by atoms with E-state index in [4.69, 9.17) is 9.47 Å². The van der Waals surface area contributed by atoms with Gasteiger partial charge in [-0.2, -0.15) is 0 Å². The summed E-state index contributed by atoms with van der Waals surface area (Å²) in [5, 5.41) is 4.55. The quantitative estimate of drug-likeness (QED) is 0.271. The van der Waals surface area contributed by atoms with Crippen LogP contribution in [0.1, 0.15) is 93.4 Å². The maximum absolute atomic E-state index is 5.80. The molecule has 0 aliphatic heterocycles. The fraction of sp³-hybridized carbons (Fsp3) is 0.568. The molecule has 0 saturated heterocycles. The van der Waals surface area contributed by atoms with Crippen LogP contribution in [0.25, 0.3) is 0 Å². The van der Waals surface area contributed by atoms with Crippen molar-refractivity contribution >= 4 is 26.5 Å². The maximum Gasteiger partial charge on any atom is 0.124 e. The number of aryl methyl sites for hydroxylation is 4. The smallest absolute Gasteiger partial charge is 0.124 e. The number of rotatable bonds is 9. The second-order valence-corrected chi connectivity index (χ2v) is 18.2. The molecular weight excluding hydrogens is 538 g/mol. The highest BCUT2D eigenvalue weighted by Gasteiger charge is 2.40. The Morgan fingerprint density at radius 2 is 1.07 bits per heavy atom. The number of allylic oxidation sites excluding steroid dienone is 4. The molecule has 3 aliphatic carbocycles. The maximum atomic E-state index is 5.80. The van der Waals surface area contributed by atoms with E-state index < -0.39 is 7.92 Å². The van der Waals surface area contributed by atoms with E-state index in [9.17, 15) is 0 Å². The van der Waals surface area contributed by atoms with Crippen molar-refractivity contribution in [3.63, 3.8) is 0 Å². The van der Waals surface area contributed by atoms with Gasteiger partial charge in [-0.3, -0.25) is 0 Å². The van der Waals surface area contributed by atoms with Gasteiger partial charge in [0.15, 0.2) is 0 Å². The molecule has 2 unspecified atom stereocenters. The van der Waals surface area contributed by atoms with Gasteiger partial charge in [0.1, 0.15) is 11.5 Å². The minimum absolute atomic E-state index is 0.0206. The number of ether oxygens (including phenoxy) is 2. The minimum Gasteiger partial charge on any atom is -0.496 e. The highest BCUT2D eigenvalue weighted by atomic mass is 31.1. The lowest BCUT2D eigenvalue weighted by Gasteiger charge is -2.44. The number of hydrogen-bond donors (Lipinski definition) is 0. The van der Waals surface area contributed by atoms with Crippen LogP contribution < -0.4 is 20.1 Å². The van der Waals surface area contributed by atoms with Crippen LogP contribution in [0.15, 0.2) is 47.8 Å². The van der Waals surface area contributed by atoms with E-state index in [-0.39, 0.29) is 7.92 Å². The van der Waals surface area contributed by atoms with Crippen molar-refractivity contribution in [3.8, 4) is 11.5 Å². The van der Waals surface area contributed by atoms with Gasteiger partial charge in [-0.15, -0.1) is 0 Å². The summed E-state index contributed by atoms with van der Waals surface area (Å²) in [6.45, 7) is 11.5. The van der Waals surface area contributed by atoms with Crippen molar-refractivity contribution in [2.24, 2.45) is 5.92 Å². The van der Waals surface area contributed by atoms with Crippen LogP contribution in [-0.4, -0.2) is 31.2 Å². The molecule has 5 rings (SSSR count). The van der Waals surface area contributed by atoms with Crippen molar-refractivity contribution in [1.29, 1.82) is 0 Å². The summed E-state index contributed by atoms with van der Waals surface area (Å²) in [6.07, 6.45) is 22.1. The Balaban J connectivity index is 1.58. The molecule has 2 aromatic rings. The Hall–Kier alpha value is -1.62. The SMILES string of the molecule is COc1c(C)cc(P(C2=CC=CC2C(C)P(C2CCCCC2)C2CCCCC2)c2cc(C)c(OC)c(C)c2)cc1C. The highest BCUT2D eigenvalue weighted by Crippen LogP contribution is 2.64. The zero-order valence-corrected chi connectivity index (χ0v) is 28.4. The predicted molar refractivity (Wildman–Crippen MR) is 182 cm³/mol. The minimum atomic E-state index is -0.685. The van der Waals surface area contributed by atoms with Gasteiger partial charge in [-0.1, -0.05) is 71.6 Å². The van der Waals surface area contributed by atoms with Gasteiger partial charge in [-0.05, 0) is 141 Å². The van der Waals surface area contributed by atoms with Gasteiger partial charge >= 0.3 is 0 Å². The molecule has 0 spiro atoms. The first-order chi connectivity index (χ1) is 19.8. The monoisotopic (exact) mass is 590 g/mol. The van der Waals surface area contributed by atoms with Crippen LogP contribution >= 0.6 is 15.8 Å². The Bertz CT molecular complexity index is 1140. The summed E-state index contributed by atoms with van der Waals surface area (Å²) in [7, 11) is 2.89. The third-order valence-electron chi connectivity index (χ3n) is 9.98. The average molecular weight is 591 g/mol. The van der Waals surface area contributed by atoms with Crippen molar-refractivity contribution in [2.45, 2.75) is 116 Å². The third kappa shape index (κ3) is 6.50. The van der Waals surface area contributed by atoms with Gasteiger partial charge in [0.05, 0.1) is 14.2 Å². The van der Waals surface area contributed by atoms with E-state index in [0.717, 1.165) is 28.5 Å². The van der Waals surface area contributed by atoms with Gasteiger partial charge in [-0.25, -0.2) is 0 Å². The third-order valence-corrected chi connectivity index (χ3v) is 16.5. The van der Waals surface area contributed by atoms with E-state index in [1.165, 1.54) is 97.1 Å². The molecule has 0 heterocycles. The number of methoxy groups -OCH3 is 2. The summed E-state index contributed by atoms with van der Waals surface area (Å²) in [5.41, 5.74) is 7.61. The first-order valence-electron chi connectivity index (χ1n) is 16.1. The summed E-state index contributed by atoms with van der Waals surface area (Å²) >= 11 is 0. The second-order valence-electron chi connectivity index (χ2n) is 12.8. The van der Waals surface area contributed by atoms with Crippen molar-refractivity contribution in [2.75, 3.05) is 14.2 Å². The summed E-state index contributed by atoms with van der Waals surface area (Å²) in [5.74, 6) is 2.57. The van der Waals surface area contributed by atoms with Crippen molar-refractivity contribution in [1.82, 2.24) is 0 Å². The molecule has 2 atom stereocenters. The largest absolute Gasteiger partial charge is 0.496 e. The van der Waals surface area contributed by atoms with E-state index >= 15 is 0 Å². The van der Waals surface area contributed by atoms with E-state index in [0.29, 0.717) is 5.92 Å². The average Bonchev–Trinajstić information content (AvgIpc) is 3.44. The zero-order chi connectivity index (χ0) is 29.1. The molecule has 0 bridgehead atoms. The van der Waals surface area contributed by atoms with Crippen LogP contribution in [0.5, 0.6) is 11.5 Å². The first kappa shape index (κ1) is 30.8. The molecular formula is C37H52O2P2. The van der Waals surface area contributed by atoms with E-state index in [1.54, 1.807) is 19.5 Å². The molecule has 2 nitrogen and oxygen atoms in total. The molecule has 2 saturated carbocycles. The Morgan fingerprint density at radius 1 is 0.659 bits per heavy atom. The summed E-state index contributed by atoms with van der Waals surface area (Å²) in [6, 6.07) is 9.66. The lowest BCUT2D eigenvalue weighted by molar-refractivity contribution is 0.408. The molecule has 0 aromatic heterocycles. The Morgan fingerprint density at radius 3 is 1.46 bits per heavy atom. The summed E-state index contributed by atoms with van der Waals surface area (Å²) < 4.78 is 11.6. The fourth-order valence-electron chi connectivity index (χ4n) is 8.23. The predicted octanol–water partition coefficient (Wildman–Crippen LogP) is 9.98. The van der Waals surface area contributed by atoms with E-state index in [1.807, 2.05) is 0 Å². The lowest BCUT2D eigenvalue weighted by atomic mass is 9.99. The van der Waals surface area contributed by atoms with Crippen molar-refractivity contribution in [3.05, 3.63) is 70.1 Å². The molecule has 0 N–H and O–H groups in total. The lowest BCUT2D eigenvalue weighted by Crippen LogP contribution is -2.30. The Kier molecular flexibility index (Phi) is 10.4. The van der Waals surface area contributed by atoms with Gasteiger partial charge in [0.25, 0.3) is 0 Å². The molecule has 4 heteroatoms. The van der Waals surface area contributed by atoms with E-state index in [2.05, 4.69) is 77.1 Å². The molecule has 2 aromatic carbocycles. The highest BCUT2D eigenvalue weighted by molar-refractivity contribution is 7.77. The Labute approximate surface area is 252 Å². The molecule has 0 amide bonds. The summed E-state index contributed by atoms with van der Waals surface area (Å²) in [4.78, 5) is 0. The van der Waals surface area contributed by atoms with Crippen LogP contribution in [-0.2, 0) is 0 Å². The first-order valence-corrected chi connectivity index (χ1v) is 19.0. The molecule has 2 fully saturated rings.